The first kappa shape index (κ1) is 11.8. The molecule has 0 aromatic heterocycles. The van der Waals surface area contributed by atoms with Crippen molar-refractivity contribution in [2.75, 3.05) is 19.6 Å². The Kier molecular flexibility index (Phi) is 3.94. The standard InChI is InChI=1S/C10H18N2O3/c1-3-11-10(15)12-5-7(2)4-8(6-12)9(13)14/h7-8H,3-6H2,1-2H3,(H,11,15)(H,13,14). The van der Waals surface area contributed by atoms with Crippen LogP contribution in [0.1, 0.15) is 20.3 Å². The van der Waals surface area contributed by atoms with Gasteiger partial charge in [0.05, 0.1) is 5.92 Å². The summed E-state index contributed by atoms with van der Waals surface area (Å²) in [6.07, 6.45) is 0.658. The maximum Gasteiger partial charge on any atom is 0.317 e. The van der Waals surface area contributed by atoms with Crippen LogP contribution in [0, 0.1) is 11.8 Å². The van der Waals surface area contributed by atoms with Gasteiger partial charge < -0.3 is 15.3 Å². The first-order chi connectivity index (χ1) is 7.04. The van der Waals surface area contributed by atoms with Gasteiger partial charge in [0.15, 0.2) is 0 Å². The highest BCUT2D eigenvalue weighted by Crippen LogP contribution is 2.21. The van der Waals surface area contributed by atoms with Gasteiger partial charge in [-0.05, 0) is 19.3 Å². The average Bonchev–Trinajstić information content (AvgIpc) is 2.17. The molecule has 2 atom stereocenters. The van der Waals surface area contributed by atoms with Gasteiger partial charge in [0.25, 0.3) is 0 Å². The van der Waals surface area contributed by atoms with Gasteiger partial charge >= 0.3 is 12.0 Å². The topological polar surface area (TPSA) is 69.6 Å². The second-order valence-corrected chi connectivity index (χ2v) is 4.12. The van der Waals surface area contributed by atoms with E-state index < -0.39 is 11.9 Å². The number of rotatable bonds is 2. The zero-order chi connectivity index (χ0) is 11.4. The molecule has 0 saturated carbocycles. The average molecular weight is 214 g/mol. The van der Waals surface area contributed by atoms with Crippen molar-refractivity contribution in [3.8, 4) is 0 Å². The Bertz CT molecular complexity index is 255. The number of carbonyl (C=O) groups is 2. The number of hydrogen-bond acceptors (Lipinski definition) is 2. The first-order valence-electron chi connectivity index (χ1n) is 5.30. The van der Waals surface area contributed by atoms with Crippen LogP contribution in [0.15, 0.2) is 0 Å². The fourth-order valence-corrected chi connectivity index (χ4v) is 1.96. The molecule has 0 aromatic carbocycles. The summed E-state index contributed by atoms with van der Waals surface area (Å²) >= 11 is 0. The van der Waals surface area contributed by atoms with Crippen molar-refractivity contribution in [1.82, 2.24) is 10.2 Å². The Labute approximate surface area is 89.4 Å². The first-order valence-corrected chi connectivity index (χ1v) is 5.30. The number of likely N-dealkylation sites (tertiary alicyclic amines) is 1. The molecule has 1 aliphatic rings. The molecule has 15 heavy (non-hydrogen) atoms. The summed E-state index contributed by atoms with van der Waals surface area (Å²) < 4.78 is 0. The summed E-state index contributed by atoms with van der Waals surface area (Å²) in [6, 6.07) is -0.157. The lowest BCUT2D eigenvalue weighted by molar-refractivity contribution is -0.143. The van der Waals surface area contributed by atoms with Gasteiger partial charge in [-0.1, -0.05) is 6.92 Å². The van der Waals surface area contributed by atoms with E-state index in [4.69, 9.17) is 5.11 Å². The summed E-state index contributed by atoms with van der Waals surface area (Å²) in [7, 11) is 0. The van der Waals surface area contributed by atoms with E-state index >= 15 is 0 Å². The van der Waals surface area contributed by atoms with E-state index in [1.807, 2.05) is 13.8 Å². The minimum atomic E-state index is -0.809. The molecule has 1 heterocycles. The van der Waals surface area contributed by atoms with Crippen LogP contribution in [-0.2, 0) is 4.79 Å². The van der Waals surface area contributed by atoms with E-state index in [0.29, 0.717) is 26.1 Å². The van der Waals surface area contributed by atoms with E-state index in [1.165, 1.54) is 0 Å². The molecule has 5 nitrogen and oxygen atoms in total. The number of aliphatic carboxylic acids is 1. The Hall–Kier alpha value is -1.26. The molecule has 0 aromatic rings. The zero-order valence-corrected chi connectivity index (χ0v) is 9.19. The molecule has 0 bridgehead atoms. The maximum atomic E-state index is 11.5. The van der Waals surface area contributed by atoms with E-state index in [2.05, 4.69) is 5.32 Å². The van der Waals surface area contributed by atoms with Crippen molar-refractivity contribution in [1.29, 1.82) is 0 Å². The fourth-order valence-electron chi connectivity index (χ4n) is 1.96. The number of nitrogens with zero attached hydrogens (tertiary/aromatic N) is 1. The highest BCUT2D eigenvalue weighted by Gasteiger charge is 2.31. The fraction of sp³-hybridized carbons (Fsp3) is 0.800. The van der Waals surface area contributed by atoms with Crippen molar-refractivity contribution >= 4 is 12.0 Å². The Balaban J connectivity index is 2.58. The minimum Gasteiger partial charge on any atom is -0.481 e. The summed E-state index contributed by atoms with van der Waals surface area (Å²) in [4.78, 5) is 24.0. The highest BCUT2D eigenvalue weighted by molar-refractivity contribution is 5.76. The van der Waals surface area contributed by atoms with Crippen LogP contribution < -0.4 is 5.32 Å². The van der Waals surface area contributed by atoms with Crippen LogP contribution in [0.4, 0.5) is 4.79 Å². The molecule has 1 fully saturated rings. The summed E-state index contributed by atoms with van der Waals surface area (Å²) in [5.74, 6) is -0.977. The Morgan fingerprint density at radius 2 is 2.13 bits per heavy atom. The third-order valence-corrected chi connectivity index (χ3v) is 2.62. The number of carboxylic acid groups (broad SMARTS) is 1. The second kappa shape index (κ2) is 5.00. The van der Waals surface area contributed by atoms with Crippen LogP contribution in [0.2, 0.25) is 0 Å². The lowest BCUT2D eigenvalue weighted by Crippen LogP contribution is -2.49. The molecule has 1 rings (SSSR count). The van der Waals surface area contributed by atoms with Crippen LogP contribution in [0.3, 0.4) is 0 Å². The van der Waals surface area contributed by atoms with Crippen LogP contribution in [0.25, 0.3) is 0 Å². The quantitative estimate of drug-likeness (QED) is 0.713. The van der Waals surface area contributed by atoms with Gasteiger partial charge in [0.2, 0.25) is 0 Å². The lowest BCUT2D eigenvalue weighted by Gasteiger charge is -2.34. The van der Waals surface area contributed by atoms with E-state index in [-0.39, 0.29) is 11.9 Å². The zero-order valence-electron chi connectivity index (χ0n) is 9.19. The summed E-state index contributed by atoms with van der Waals surface area (Å²) in [5.41, 5.74) is 0. The van der Waals surface area contributed by atoms with Gasteiger partial charge in [0, 0.05) is 19.6 Å². The monoisotopic (exact) mass is 214 g/mol. The minimum absolute atomic E-state index is 0.157. The third kappa shape index (κ3) is 3.11. The predicted molar refractivity (Wildman–Crippen MR) is 55.6 cm³/mol. The van der Waals surface area contributed by atoms with Crippen LogP contribution in [0.5, 0.6) is 0 Å². The lowest BCUT2D eigenvalue weighted by atomic mass is 9.91. The van der Waals surface area contributed by atoms with Crippen molar-refractivity contribution < 1.29 is 14.7 Å². The number of amides is 2. The van der Waals surface area contributed by atoms with Gasteiger partial charge in [-0.3, -0.25) is 4.79 Å². The molecular weight excluding hydrogens is 196 g/mol. The van der Waals surface area contributed by atoms with E-state index in [1.54, 1.807) is 4.90 Å². The normalized spacial score (nSPS) is 26.1. The predicted octanol–water partition coefficient (Wildman–Crippen LogP) is 0.759. The molecule has 0 radical (unpaired) electrons. The molecule has 86 valence electrons. The Morgan fingerprint density at radius 1 is 1.47 bits per heavy atom. The van der Waals surface area contributed by atoms with E-state index in [9.17, 15) is 9.59 Å². The van der Waals surface area contributed by atoms with Gasteiger partial charge in [-0.15, -0.1) is 0 Å². The number of urea groups is 1. The maximum absolute atomic E-state index is 11.5. The summed E-state index contributed by atoms with van der Waals surface area (Å²) in [6.45, 7) is 5.36. The molecule has 0 spiro atoms. The number of carboxylic acids is 1. The largest absolute Gasteiger partial charge is 0.481 e. The molecule has 1 aliphatic heterocycles. The highest BCUT2D eigenvalue weighted by atomic mass is 16.4. The molecule has 1 saturated heterocycles. The molecule has 2 amide bonds. The number of nitrogens with one attached hydrogen (secondary N) is 1. The van der Waals surface area contributed by atoms with Crippen molar-refractivity contribution in [2.24, 2.45) is 11.8 Å². The SMILES string of the molecule is CCNC(=O)N1CC(C)CC(C(=O)O)C1. The van der Waals surface area contributed by atoms with Gasteiger partial charge in [-0.25, -0.2) is 4.79 Å². The van der Waals surface area contributed by atoms with Crippen molar-refractivity contribution in [3.05, 3.63) is 0 Å². The smallest absolute Gasteiger partial charge is 0.317 e. The molecule has 0 aliphatic carbocycles. The van der Waals surface area contributed by atoms with Crippen molar-refractivity contribution in [2.45, 2.75) is 20.3 Å². The summed E-state index contributed by atoms with van der Waals surface area (Å²) in [5, 5.41) is 11.6. The second-order valence-electron chi connectivity index (χ2n) is 4.12. The number of hydrogen-bond donors (Lipinski definition) is 2. The Morgan fingerprint density at radius 3 is 2.67 bits per heavy atom. The number of carbonyl (C=O) groups excluding carboxylic acids is 1. The molecule has 2 unspecified atom stereocenters. The molecule has 5 heteroatoms. The third-order valence-electron chi connectivity index (χ3n) is 2.62. The molecular formula is C10H18N2O3. The van der Waals surface area contributed by atoms with Crippen LogP contribution >= 0.6 is 0 Å². The van der Waals surface area contributed by atoms with Crippen molar-refractivity contribution in [3.63, 3.8) is 0 Å². The van der Waals surface area contributed by atoms with Gasteiger partial charge in [-0.2, -0.15) is 0 Å². The molecule has 2 N–H and O–H groups in total. The number of piperidine rings is 1. The van der Waals surface area contributed by atoms with Gasteiger partial charge in [0.1, 0.15) is 0 Å². The van der Waals surface area contributed by atoms with Crippen LogP contribution in [-0.4, -0.2) is 41.6 Å². The van der Waals surface area contributed by atoms with E-state index in [0.717, 1.165) is 0 Å².